The zero-order valence-corrected chi connectivity index (χ0v) is 11.7. The summed E-state index contributed by atoms with van der Waals surface area (Å²) in [6.45, 7) is 5.98. The molecule has 5 heteroatoms. The van der Waals surface area contributed by atoms with E-state index < -0.39 is 17.1 Å². The Morgan fingerprint density at radius 3 is 2.79 bits per heavy atom. The van der Waals surface area contributed by atoms with Gasteiger partial charge in [0.05, 0.1) is 6.07 Å². The number of nitriles is 1. The highest BCUT2D eigenvalue weighted by atomic mass is 16.6. The first-order chi connectivity index (χ1) is 8.77. The highest BCUT2D eigenvalue weighted by Crippen LogP contribution is 2.41. The molecular formula is C14H20N2O3. The van der Waals surface area contributed by atoms with Crippen molar-refractivity contribution >= 4 is 11.9 Å². The van der Waals surface area contributed by atoms with Crippen LogP contribution in [0.15, 0.2) is 0 Å². The quantitative estimate of drug-likeness (QED) is 0.672. The number of rotatable bonds is 0. The highest BCUT2D eigenvalue weighted by molar-refractivity contribution is 5.92. The minimum atomic E-state index is -1.00. The Morgan fingerprint density at radius 2 is 2.21 bits per heavy atom. The fourth-order valence-corrected chi connectivity index (χ4v) is 2.89. The molecular weight excluding hydrogens is 244 g/mol. The molecule has 0 aromatic rings. The SMILES string of the molecule is CC(C)(C)OC(=O)N1CC2CCCC(C#N)(C1)C2=O. The molecule has 2 unspecified atom stereocenters. The molecule has 0 N–H and O–H groups in total. The largest absolute Gasteiger partial charge is 0.444 e. The molecule has 1 aliphatic heterocycles. The van der Waals surface area contributed by atoms with Crippen molar-refractivity contribution in [3.05, 3.63) is 0 Å². The van der Waals surface area contributed by atoms with Gasteiger partial charge in [-0.3, -0.25) is 4.79 Å². The van der Waals surface area contributed by atoms with E-state index in [1.165, 1.54) is 4.90 Å². The van der Waals surface area contributed by atoms with E-state index in [2.05, 4.69) is 6.07 Å². The van der Waals surface area contributed by atoms with Crippen LogP contribution in [0.1, 0.15) is 40.0 Å². The summed E-state index contributed by atoms with van der Waals surface area (Å²) >= 11 is 0. The summed E-state index contributed by atoms with van der Waals surface area (Å²) in [5.74, 6) is -0.185. The third kappa shape index (κ3) is 2.58. The number of likely N-dealkylation sites (tertiary alicyclic amines) is 1. The number of ketones is 1. The first-order valence-corrected chi connectivity index (χ1v) is 6.71. The Hall–Kier alpha value is -1.57. The van der Waals surface area contributed by atoms with Crippen molar-refractivity contribution in [1.82, 2.24) is 4.90 Å². The maximum absolute atomic E-state index is 12.2. The number of ether oxygens (including phenoxy) is 1. The van der Waals surface area contributed by atoms with Crippen LogP contribution in [0.3, 0.4) is 0 Å². The summed E-state index contributed by atoms with van der Waals surface area (Å²) in [4.78, 5) is 25.8. The number of hydrogen-bond acceptors (Lipinski definition) is 4. The van der Waals surface area contributed by atoms with E-state index >= 15 is 0 Å². The van der Waals surface area contributed by atoms with Gasteiger partial charge in [0.15, 0.2) is 5.78 Å². The van der Waals surface area contributed by atoms with E-state index in [0.717, 1.165) is 12.8 Å². The average molecular weight is 264 g/mol. The van der Waals surface area contributed by atoms with Gasteiger partial charge in [0.25, 0.3) is 0 Å². The fraction of sp³-hybridized carbons (Fsp3) is 0.786. The van der Waals surface area contributed by atoms with E-state index in [0.29, 0.717) is 13.0 Å². The standard InChI is InChI=1S/C14H20N2O3/c1-13(2,3)19-12(18)16-7-10-5-4-6-14(8-15,9-16)11(10)17/h10H,4-7,9H2,1-3H3. The zero-order chi connectivity index (χ0) is 14.3. The molecule has 1 aliphatic carbocycles. The molecule has 104 valence electrons. The molecule has 0 aromatic carbocycles. The summed E-state index contributed by atoms with van der Waals surface area (Å²) in [5.41, 5.74) is -1.56. The number of carbonyl (C=O) groups is 2. The molecule has 2 atom stereocenters. The zero-order valence-electron chi connectivity index (χ0n) is 11.7. The van der Waals surface area contributed by atoms with Crippen LogP contribution in [0.2, 0.25) is 0 Å². The predicted molar refractivity (Wildman–Crippen MR) is 68.2 cm³/mol. The van der Waals surface area contributed by atoms with Crippen molar-refractivity contribution in [3.63, 3.8) is 0 Å². The number of fused-ring (bicyclic) bond motifs is 2. The van der Waals surface area contributed by atoms with Gasteiger partial charge >= 0.3 is 6.09 Å². The van der Waals surface area contributed by atoms with Crippen molar-refractivity contribution in [1.29, 1.82) is 5.26 Å². The van der Waals surface area contributed by atoms with Crippen LogP contribution in [0.4, 0.5) is 4.79 Å². The van der Waals surface area contributed by atoms with E-state index in [1.807, 2.05) is 0 Å². The van der Waals surface area contributed by atoms with Crippen LogP contribution in [0.25, 0.3) is 0 Å². The van der Waals surface area contributed by atoms with E-state index in [1.54, 1.807) is 20.8 Å². The highest BCUT2D eigenvalue weighted by Gasteiger charge is 2.51. The maximum atomic E-state index is 12.2. The van der Waals surface area contributed by atoms with Gasteiger partial charge in [-0.15, -0.1) is 0 Å². The number of nitrogens with zero attached hydrogens (tertiary/aromatic N) is 2. The molecule has 0 radical (unpaired) electrons. The third-order valence-electron chi connectivity index (χ3n) is 3.77. The van der Waals surface area contributed by atoms with E-state index in [-0.39, 0.29) is 18.2 Å². The molecule has 2 aliphatic rings. The van der Waals surface area contributed by atoms with E-state index in [4.69, 9.17) is 4.74 Å². The molecule has 0 aromatic heterocycles. The van der Waals surface area contributed by atoms with Crippen molar-refractivity contribution < 1.29 is 14.3 Å². The van der Waals surface area contributed by atoms with Gasteiger partial charge in [-0.25, -0.2) is 4.79 Å². The Labute approximate surface area is 113 Å². The van der Waals surface area contributed by atoms with Gasteiger partial charge in [0.2, 0.25) is 0 Å². The summed E-state index contributed by atoms with van der Waals surface area (Å²) in [6.07, 6.45) is 1.78. The molecule has 1 saturated carbocycles. The van der Waals surface area contributed by atoms with Crippen molar-refractivity contribution in [3.8, 4) is 6.07 Å². The number of Topliss-reactive ketones (excluding diaryl/α,β-unsaturated/α-hetero) is 1. The number of piperidine rings is 1. The predicted octanol–water partition coefficient (Wildman–Crippen LogP) is 2.12. The number of hydrogen-bond donors (Lipinski definition) is 0. The van der Waals surface area contributed by atoms with Gasteiger partial charge in [0.1, 0.15) is 11.0 Å². The molecule has 2 fully saturated rings. The Kier molecular flexibility index (Phi) is 3.29. The monoisotopic (exact) mass is 264 g/mol. The smallest absolute Gasteiger partial charge is 0.410 e. The number of amides is 1. The lowest BCUT2D eigenvalue weighted by atomic mass is 9.66. The average Bonchev–Trinajstić information content (AvgIpc) is 2.26. The molecule has 2 rings (SSSR count). The molecule has 5 nitrogen and oxygen atoms in total. The van der Waals surface area contributed by atoms with Gasteiger partial charge in [-0.05, 0) is 33.6 Å². The summed E-state index contributed by atoms with van der Waals surface area (Å²) in [6, 6.07) is 2.15. The van der Waals surface area contributed by atoms with E-state index in [9.17, 15) is 14.9 Å². The lowest BCUT2D eigenvalue weighted by Gasteiger charge is -2.44. The minimum absolute atomic E-state index is 0.0149. The van der Waals surface area contributed by atoms with Crippen molar-refractivity contribution in [2.75, 3.05) is 13.1 Å². The van der Waals surface area contributed by atoms with Crippen LogP contribution in [0, 0.1) is 22.7 Å². The van der Waals surface area contributed by atoms with Gasteiger partial charge in [0, 0.05) is 19.0 Å². The summed E-state index contributed by atoms with van der Waals surface area (Å²) in [7, 11) is 0. The Bertz CT molecular complexity index is 447. The van der Waals surface area contributed by atoms with Crippen LogP contribution in [-0.2, 0) is 9.53 Å². The fourth-order valence-electron chi connectivity index (χ4n) is 2.89. The lowest BCUT2D eigenvalue weighted by Crippen LogP contribution is -2.57. The number of carbonyl (C=O) groups excluding carboxylic acids is 2. The topological polar surface area (TPSA) is 70.4 Å². The molecule has 1 saturated heterocycles. The molecule has 0 spiro atoms. The van der Waals surface area contributed by atoms with Crippen molar-refractivity contribution in [2.45, 2.75) is 45.6 Å². The molecule has 1 heterocycles. The summed E-state index contributed by atoms with van der Waals surface area (Å²) < 4.78 is 5.33. The Balaban J connectivity index is 2.17. The van der Waals surface area contributed by atoms with Crippen LogP contribution in [0.5, 0.6) is 0 Å². The van der Waals surface area contributed by atoms with Gasteiger partial charge < -0.3 is 9.64 Å². The minimum Gasteiger partial charge on any atom is -0.444 e. The second-order valence-corrected chi connectivity index (χ2v) is 6.51. The van der Waals surface area contributed by atoms with Crippen molar-refractivity contribution in [2.24, 2.45) is 11.3 Å². The molecule has 19 heavy (non-hydrogen) atoms. The molecule has 2 bridgehead atoms. The lowest BCUT2D eigenvalue weighted by molar-refractivity contribution is -0.138. The summed E-state index contributed by atoms with van der Waals surface area (Å²) in [5, 5.41) is 9.35. The van der Waals surface area contributed by atoms with Gasteiger partial charge in [-0.1, -0.05) is 6.42 Å². The van der Waals surface area contributed by atoms with Gasteiger partial charge in [-0.2, -0.15) is 5.26 Å². The normalized spacial score (nSPS) is 30.7. The second kappa shape index (κ2) is 4.52. The maximum Gasteiger partial charge on any atom is 0.410 e. The van der Waals surface area contributed by atoms with Crippen LogP contribution < -0.4 is 0 Å². The molecule has 1 amide bonds. The first kappa shape index (κ1) is 13.9. The van der Waals surface area contributed by atoms with Crippen LogP contribution in [-0.4, -0.2) is 35.5 Å². The first-order valence-electron chi connectivity index (χ1n) is 6.71. The Morgan fingerprint density at radius 1 is 1.53 bits per heavy atom. The van der Waals surface area contributed by atoms with Crippen LogP contribution >= 0.6 is 0 Å². The third-order valence-corrected chi connectivity index (χ3v) is 3.77. The second-order valence-electron chi connectivity index (χ2n) is 6.51.